The van der Waals surface area contributed by atoms with E-state index in [1.165, 1.54) is 6.07 Å². The molecule has 1 aliphatic rings. The Morgan fingerprint density at radius 3 is 1.95 bits per heavy atom. The molecule has 0 radical (unpaired) electrons. The highest BCUT2D eigenvalue weighted by molar-refractivity contribution is 7.49. The molecule has 22 heteroatoms. The van der Waals surface area contributed by atoms with E-state index in [4.69, 9.17) is 23.0 Å². The molecule has 2 aromatic carbocycles. The van der Waals surface area contributed by atoms with E-state index in [1.54, 1.807) is 30.3 Å². The predicted molar refractivity (Wildman–Crippen MR) is 227 cm³/mol. The number of carboxylic acids is 2. The maximum atomic E-state index is 14.3. The molecule has 7 atom stereocenters. The maximum absolute atomic E-state index is 14.3. The zero-order chi connectivity index (χ0) is 46.7. The molecule has 1 unspecified atom stereocenters. The van der Waals surface area contributed by atoms with Crippen molar-refractivity contribution in [3.05, 3.63) is 94.5 Å². The van der Waals surface area contributed by atoms with Crippen LogP contribution in [0, 0.1) is 0 Å². The van der Waals surface area contributed by atoms with Crippen LogP contribution in [0.3, 0.4) is 0 Å². The van der Waals surface area contributed by atoms with Crippen molar-refractivity contribution < 1.29 is 72.0 Å². The summed E-state index contributed by atoms with van der Waals surface area (Å²) in [5, 5.41) is 49.3. The summed E-state index contributed by atoms with van der Waals surface area (Å²) in [5.41, 5.74) is -1.50. The van der Waals surface area contributed by atoms with E-state index in [2.05, 4.69) is 20.9 Å². The second-order valence-electron chi connectivity index (χ2n) is 15.2. The number of carbonyl (C=O) groups excluding carboxylic acids is 3. The number of aliphatic hydroxyl groups is 2. The number of aryl methyl sites for hydroxylation is 1. The van der Waals surface area contributed by atoms with E-state index in [1.807, 2.05) is 37.3 Å². The highest BCUT2D eigenvalue weighted by atomic mass is 31.2. The van der Waals surface area contributed by atoms with Gasteiger partial charge in [0.15, 0.2) is 6.23 Å². The second kappa shape index (κ2) is 25.1. The molecular weight excluding hydrogens is 861 g/mol. The van der Waals surface area contributed by atoms with Gasteiger partial charge in [0.2, 0.25) is 0 Å². The van der Waals surface area contributed by atoms with E-state index in [0.29, 0.717) is 24.8 Å². The van der Waals surface area contributed by atoms with Crippen molar-refractivity contribution in [2.75, 3.05) is 25.0 Å². The van der Waals surface area contributed by atoms with Crippen LogP contribution in [-0.2, 0) is 59.8 Å². The van der Waals surface area contributed by atoms with Crippen molar-refractivity contribution >= 4 is 43.6 Å². The molecule has 0 bridgehead atoms. The lowest BCUT2D eigenvalue weighted by atomic mass is 9.96. The Balaban J connectivity index is 1.48. The van der Waals surface area contributed by atoms with Crippen LogP contribution in [0.2, 0.25) is 0 Å². The second-order valence-corrected chi connectivity index (χ2v) is 16.7. The summed E-state index contributed by atoms with van der Waals surface area (Å²) in [4.78, 5) is 79.6. The number of amides is 1. The number of phosphoric ester groups is 1. The van der Waals surface area contributed by atoms with Gasteiger partial charge in [-0.3, -0.25) is 24.0 Å². The first-order valence-corrected chi connectivity index (χ1v) is 22.3. The Kier molecular flexibility index (Phi) is 20.0. The number of anilines is 1. The van der Waals surface area contributed by atoms with Gasteiger partial charge >= 0.3 is 43.5 Å². The lowest BCUT2D eigenvalue weighted by molar-refractivity contribution is -0.149. The summed E-state index contributed by atoms with van der Waals surface area (Å²) in [5.74, 6) is -6.00. The van der Waals surface area contributed by atoms with Gasteiger partial charge in [-0.15, -0.1) is 0 Å². The molecule has 2 heterocycles. The van der Waals surface area contributed by atoms with Crippen LogP contribution in [0.15, 0.2) is 77.7 Å². The van der Waals surface area contributed by atoms with Gasteiger partial charge in [-0.25, -0.2) is 23.7 Å². The summed E-state index contributed by atoms with van der Waals surface area (Å²) in [7, 11) is -5.49. The van der Waals surface area contributed by atoms with E-state index in [9.17, 15) is 53.8 Å². The number of ether oxygens (including phenoxy) is 2. The minimum Gasteiger partial charge on any atom is -0.481 e. The number of rotatable bonds is 27. The summed E-state index contributed by atoms with van der Waals surface area (Å²) in [6.07, 6.45) is -1.92. The summed E-state index contributed by atoms with van der Waals surface area (Å²) in [6, 6.07) is 16.5. The highest BCUT2D eigenvalue weighted by Crippen LogP contribution is 2.51. The molecule has 350 valence electrons. The first kappa shape index (κ1) is 51.1. The summed E-state index contributed by atoms with van der Waals surface area (Å²) >= 11 is 0. The molecule has 1 saturated heterocycles. The molecule has 0 saturated carbocycles. The Morgan fingerprint density at radius 1 is 0.844 bits per heavy atom. The Morgan fingerprint density at radius 2 is 1.41 bits per heavy atom. The van der Waals surface area contributed by atoms with Crippen LogP contribution in [0.5, 0.6) is 0 Å². The topological polar surface area (TPSA) is 300 Å². The van der Waals surface area contributed by atoms with Gasteiger partial charge in [0.1, 0.15) is 42.3 Å². The van der Waals surface area contributed by atoms with Gasteiger partial charge < -0.3 is 49.6 Å². The molecule has 1 aliphatic heterocycles. The number of unbranched alkanes of at least 4 members (excludes halogenated alkanes) is 4. The average Bonchev–Trinajstić information content (AvgIpc) is 3.47. The van der Waals surface area contributed by atoms with Crippen LogP contribution >= 0.6 is 7.82 Å². The van der Waals surface area contributed by atoms with Crippen molar-refractivity contribution in [3.8, 4) is 0 Å². The van der Waals surface area contributed by atoms with Gasteiger partial charge in [0.05, 0.1) is 19.4 Å². The number of aromatic nitrogens is 2. The standard InChI is InChI=1S/C42H56N5O16P/c1-3-4-13-21-43-30(24-34(48)49)37(53)62-64(58,63-38(54)31(25-35(50)51)44-22-14-7-12-17-28-15-8-5-9-16-28)60-27-32-36(52)42(2,57)39(61-32)47-23-20-33(45-40(47)55)46-41(56)59-26-29-18-10-6-11-19-29/h5-6,8-11,15-16,18-20,23,30-32,36,39,43-44,52,57H,3-4,7,12-14,17,21-22,24-27H2,1-2H3,(H,48,49)(H,50,51)(H,45,46,55,56)/t30-,31-,32+,36+,39+,42+,64?/m0/s1. The smallest absolute Gasteiger partial charge is 0.481 e. The lowest BCUT2D eigenvalue weighted by Crippen LogP contribution is -2.46. The number of aliphatic carboxylic acids is 2. The molecule has 7 N–H and O–H groups in total. The number of hydrogen-bond acceptors (Lipinski definition) is 17. The first-order valence-electron chi connectivity index (χ1n) is 20.8. The number of hydrogen-bond donors (Lipinski definition) is 7. The molecule has 1 amide bonds. The number of carbonyl (C=O) groups is 5. The zero-order valence-electron chi connectivity index (χ0n) is 35.5. The number of nitrogens with one attached hydrogen (secondary N) is 3. The molecule has 4 rings (SSSR count). The van der Waals surface area contributed by atoms with Crippen molar-refractivity contribution in [2.45, 2.75) is 114 Å². The zero-order valence-corrected chi connectivity index (χ0v) is 36.4. The summed E-state index contributed by atoms with van der Waals surface area (Å²) < 4.78 is 41.5. The van der Waals surface area contributed by atoms with Crippen LogP contribution in [0.25, 0.3) is 0 Å². The molecule has 0 spiro atoms. The van der Waals surface area contributed by atoms with Crippen molar-refractivity contribution in [2.24, 2.45) is 0 Å². The predicted octanol–water partition coefficient (Wildman–Crippen LogP) is 3.68. The molecule has 1 aromatic heterocycles. The van der Waals surface area contributed by atoms with Crippen LogP contribution in [0.1, 0.15) is 82.6 Å². The van der Waals surface area contributed by atoms with Crippen molar-refractivity contribution in [3.63, 3.8) is 0 Å². The SMILES string of the molecule is CCCCCN[C@@H](CC(=O)O)C(=O)OP(=O)(OC[C@H]1O[C@@H](n2ccc(NC(=O)OCc3ccccc3)nc2=O)[C@](C)(O)[C@@H]1O)OC(=O)[C@H](CC(=O)O)NCCCCCc1ccccc1. The lowest BCUT2D eigenvalue weighted by Gasteiger charge is -2.27. The Bertz CT molecular complexity index is 2110. The fraction of sp³-hybridized carbons (Fsp3) is 0.500. The molecule has 1 fully saturated rings. The fourth-order valence-electron chi connectivity index (χ4n) is 6.52. The monoisotopic (exact) mass is 917 g/mol. The van der Waals surface area contributed by atoms with Gasteiger partial charge in [-0.05, 0) is 62.9 Å². The van der Waals surface area contributed by atoms with E-state index >= 15 is 0 Å². The van der Waals surface area contributed by atoms with E-state index in [0.717, 1.165) is 48.9 Å². The van der Waals surface area contributed by atoms with Gasteiger partial charge in [-0.1, -0.05) is 86.8 Å². The number of benzene rings is 2. The molecular formula is C42H56N5O16P. The average molecular weight is 918 g/mol. The third kappa shape index (κ3) is 16.2. The Labute approximate surface area is 369 Å². The van der Waals surface area contributed by atoms with Gasteiger partial charge in [0.25, 0.3) is 0 Å². The highest BCUT2D eigenvalue weighted by Gasteiger charge is 2.54. The van der Waals surface area contributed by atoms with Crippen LogP contribution in [-0.4, -0.2) is 110 Å². The minimum atomic E-state index is -5.49. The van der Waals surface area contributed by atoms with Crippen molar-refractivity contribution in [1.29, 1.82) is 0 Å². The third-order valence-electron chi connectivity index (χ3n) is 9.95. The summed E-state index contributed by atoms with van der Waals surface area (Å²) in [6.45, 7) is 2.22. The van der Waals surface area contributed by atoms with Crippen molar-refractivity contribution in [1.82, 2.24) is 20.2 Å². The number of phosphoric acid groups is 1. The Hall–Kier alpha value is -5.54. The number of carboxylic acid groups (broad SMARTS) is 2. The van der Waals surface area contributed by atoms with Gasteiger partial charge in [0, 0.05) is 6.20 Å². The van der Waals surface area contributed by atoms with Crippen LogP contribution < -0.4 is 21.6 Å². The van der Waals surface area contributed by atoms with E-state index < -0.39 is 99.1 Å². The maximum Gasteiger partial charge on any atom is 0.592 e. The van der Waals surface area contributed by atoms with Crippen LogP contribution in [0.4, 0.5) is 10.6 Å². The van der Waals surface area contributed by atoms with Gasteiger partial charge in [-0.2, -0.15) is 4.98 Å². The molecule has 64 heavy (non-hydrogen) atoms. The normalized spacial score (nSPS) is 20.0. The quantitative estimate of drug-likeness (QED) is 0.0424. The largest absolute Gasteiger partial charge is 0.592 e. The van der Waals surface area contributed by atoms with E-state index in [-0.39, 0.29) is 25.5 Å². The third-order valence-corrected chi connectivity index (χ3v) is 11.2. The number of nitrogens with zero attached hydrogens (tertiary/aromatic N) is 2. The fourth-order valence-corrected chi connectivity index (χ4v) is 7.68. The molecule has 3 aromatic rings. The molecule has 0 aliphatic carbocycles. The first-order chi connectivity index (χ1) is 30.5. The minimum absolute atomic E-state index is 0.0657. The number of aliphatic hydroxyl groups excluding tert-OH is 1. The molecule has 21 nitrogen and oxygen atoms in total.